The maximum absolute atomic E-state index is 13.0. The van der Waals surface area contributed by atoms with Gasteiger partial charge in [-0.15, -0.1) is 0 Å². The van der Waals surface area contributed by atoms with Crippen molar-refractivity contribution in [1.29, 1.82) is 0 Å². The first-order chi connectivity index (χ1) is 12.5. The van der Waals surface area contributed by atoms with Gasteiger partial charge in [-0.2, -0.15) is 0 Å². The van der Waals surface area contributed by atoms with Crippen LogP contribution in [0.3, 0.4) is 0 Å². The lowest BCUT2D eigenvalue weighted by Crippen LogP contribution is -2.01. The van der Waals surface area contributed by atoms with Crippen LogP contribution in [0.15, 0.2) is 74.1 Å². The van der Waals surface area contributed by atoms with Gasteiger partial charge in [-0.05, 0) is 91.5 Å². The van der Waals surface area contributed by atoms with Crippen LogP contribution in [0, 0.1) is 5.82 Å². The van der Waals surface area contributed by atoms with E-state index in [1.165, 1.54) is 12.1 Å². The molecule has 2 nitrogen and oxygen atoms in total. The summed E-state index contributed by atoms with van der Waals surface area (Å²) in [5.74, 6) is 0.520. The first kappa shape index (κ1) is 19.4. The zero-order chi connectivity index (χ0) is 18.5. The van der Waals surface area contributed by atoms with E-state index in [2.05, 4.69) is 53.1 Å². The van der Waals surface area contributed by atoms with Crippen molar-refractivity contribution in [1.82, 2.24) is 0 Å². The second-order valence-electron chi connectivity index (χ2n) is 5.66. The number of benzene rings is 3. The Kier molecular flexibility index (Phi) is 6.73. The minimum Gasteiger partial charge on any atom is -0.487 e. The molecule has 3 aromatic carbocycles. The molecule has 3 rings (SSSR count). The highest BCUT2D eigenvalue weighted by Gasteiger charge is 2.10. The summed E-state index contributed by atoms with van der Waals surface area (Å²) in [6.45, 7) is 1.10. The van der Waals surface area contributed by atoms with E-state index in [-0.39, 0.29) is 5.82 Å². The number of hydrogen-bond donors (Lipinski definition) is 1. The third-order valence-electron chi connectivity index (χ3n) is 3.70. The Bertz CT molecular complexity index is 860. The molecular formula is C20H15Br3FNO. The molecule has 0 saturated heterocycles. The van der Waals surface area contributed by atoms with Gasteiger partial charge in [-0.3, -0.25) is 0 Å². The molecular weight excluding hydrogens is 529 g/mol. The minimum absolute atomic E-state index is 0.242. The summed E-state index contributed by atoms with van der Waals surface area (Å²) in [5.41, 5.74) is 3.03. The molecule has 6 heteroatoms. The second-order valence-corrected chi connectivity index (χ2v) is 8.29. The highest BCUT2D eigenvalue weighted by Crippen LogP contribution is 2.35. The summed E-state index contributed by atoms with van der Waals surface area (Å²) >= 11 is 10.6. The summed E-state index contributed by atoms with van der Waals surface area (Å²) in [5, 5.41) is 3.27. The van der Waals surface area contributed by atoms with E-state index >= 15 is 0 Å². The van der Waals surface area contributed by atoms with E-state index in [1.54, 1.807) is 12.1 Å². The van der Waals surface area contributed by atoms with Crippen LogP contribution in [0.1, 0.15) is 11.1 Å². The number of halogens is 4. The largest absolute Gasteiger partial charge is 0.487 e. The monoisotopic (exact) mass is 541 g/mol. The van der Waals surface area contributed by atoms with Crippen molar-refractivity contribution in [3.05, 3.63) is 91.0 Å². The molecule has 0 unspecified atom stereocenters. The molecule has 0 bridgehead atoms. The molecule has 0 aliphatic rings. The van der Waals surface area contributed by atoms with E-state index in [0.29, 0.717) is 13.2 Å². The minimum atomic E-state index is -0.242. The summed E-state index contributed by atoms with van der Waals surface area (Å²) in [6.07, 6.45) is 0. The number of rotatable bonds is 6. The number of anilines is 1. The fourth-order valence-corrected chi connectivity index (χ4v) is 4.13. The van der Waals surface area contributed by atoms with Crippen LogP contribution in [0.5, 0.6) is 5.75 Å². The first-order valence-corrected chi connectivity index (χ1v) is 10.2. The van der Waals surface area contributed by atoms with Gasteiger partial charge in [0.15, 0.2) is 0 Å². The molecule has 0 heterocycles. The second kappa shape index (κ2) is 9.02. The van der Waals surface area contributed by atoms with Gasteiger partial charge >= 0.3 is 0 Å². The molecule has 1 N–H and O–H groups in total. The van der Waals surface area contributed by atoms with E-state index in [1.807, 2.05) is 36.4 Å². The molecule has 0 saturated carbocycles. The van der Waals surface area contributed by atoms with Gasteiger partial charge in [0, 0.05) is 16.7 Å². The lowest BCUT2D eigenvalue weighted by Gasteiger charge is -2.13. The zero-order valence-electron chi connectivity index (χ0n) is 13.6. The maximum atomic E-state index is 13.0. The van der Waals surface area contributed by atoms with Crippen molar-refractivity contribution < 1.29 is 9.13 Å². The molecule has 0 radical (unpaired) electrons. The summed E-state index contributed by atoms with van der Waals surface area (Å²) in [6, 6.07) is 18.4. The Morgan fingerprint density at radius 1 is 0.808 bits per heavy atom. The molecule has 0 spiro atoms. The van der Waals surface area contributed by atoms with Gasteiger partial charge in [0.1, 0.15) is 18.2 Å². The average molecular weight is 544 g/mol. The third kappa shape index (κ3) is 5.32. The number of ether oxygens (including phenoxy) is 1. The Hall–Kier alpha value is -1.37. The van der Waals surface area contributed by atoms with Crippen molar-refractivity contribution >= 4 is 53.5 Å². The Labute approximate surface area is 177 Å². The first-order valence-electron chi connectivity index (χ1n) is 7.86. The molecule has 0 aromatic heterocycles. The molecule has 0 atom stereocenters. The lowest BCUT2D eigenvalue weighted by molar-refractivity contribution is 0.302. The van der Waals surface area contributed by atoms with Gasteiger partial charge in [-0.25, -0.2) is 4.39 Å². The van der Waals surface area contributed by atoms with Crippen LogP contribution in [-0.2, 0) is 13.2 Å². The van der Waals surface area contributed by atoms with Crippen LogP contribution in [-0.4, -0.2) is 0 Å². The van der Waals surface area contributed by atoms with Crippen LogP contribution < -0.4 is 10.1 Å². The standard InChI is InChI=1S/C20H15Br3FNO/c21-15-3-1-13(2-4-15)12-26-20-18(22)9-14(10-19(20)23)11-25-17-7-5-16(24)6-8-17/h1-10,25H,11-12H2. The molecule has 0 amide bonds. The number of hydrogen-bond acceptors (Lipinski definition) is 2. The van der Waals surface area contributed by atoms with E-state index in [0.717, 1.165) is 36.0 Å². The highest BCUT2D eigenvalue weighted by atomic mass is 79.9. The molecule has 0 aliphatic carbocycles. The smallest absolute Gasteiger partial charge is 0.148 e. The zero-order valence-corrected chi connectivity index (χ0v) is 18.4. The molecule has 0 fully saturated rings. The molecule has 134 valence electrons. The number of nitrogens with one attached hydrogen (secondary N) is 1. The van der Waals surface area contributed by atoms with Gasteiger partial charge in [-0.1, -0.05) is 28.1 Å². The predicted octanol–water partition coefficient (Wildman–Crippen LogP) is 7.30. The van der Waals surface area contributed by atoms with Crippen LogP contribution in [0.4, 0.5) is 10.1 Å². The van der Waals surface area contributed by atoms with Gasteiger partial charge < -0.3 is 10.1 Å². The van der Waals surface area contributed by atoms with Crippen molar-refractivity contribution in [3.8, 4) is 5.75 Å². The summed E-state index contributed by atoms with van der Waals surface area (Å²) in [4.78, 5) is 0. The van der Waals surface area contributed by atoms with Crippen molar-refractivity contribution in [2.24, 2.45) is 0 Å². The molecule has 26 heavy (non-hydrogen) atoms. The normalized spacial score (nSPS) is 10.6. The lowest BCUT2D eigenvalue weighted by atomic mass is 10.2. The van der Waals surface area contributed by atoms with E-state index < -0.39 is 0 Å². The summed E-state index contributed by atoms with van der Waals surface area (Å²) in [7, 11) is 0. The van der Waals surface area contributed by atoms with Crippen molar-refractivity contribution in [3.63, 3.8) is 0 Å². The third-order valence-corrected chi connectivity index (χ3v) is 5.40. The van der Waals surface area contributed by atoms with Crippen molar-refractivity contribution in [2.45, 2.75) is 13.2 Å². The van der Waals surface area contributed by atoms with Crippen LogP contribution >= 0.6 is 47.8 Å². The topological polar surface area (TPSA) is 21.3 Å². The Morgan fingerprint density at radius 3 is 2.04 bits per heavy atom. The summed E-state index contributed by atoms with van der Waals surface area (Å²) < 4.78 is 21.7. The quantitative estimate of drug-likeness (QED) is 0.352. The fraction of sp³-hybridized carbons (Fsp3) is 0.100. The van der Waals surface area contributed by atoms with Gasteiger partial charge in [0.2, 0.25) is 0 Å². The van der Waals surface area contributed by atoms with Crippen LogP contribution in [0.2, 0.25) is 0 Å². The van der Waals surface area contributed by atoms with E-state index in [9.17, 15) is 4.39 Å². The van der Waals surface area contributed by atoms with Gasteiger partial charge in [0.05, 0.1) is 8.95 Å². The average Bonchev–Trinajstić information content (AvgIpc) is 2.62. The van der Waals surface area contributed by atoms with Crippen molar-refractivity contribution in [2.75, 3.05) is 5.32 Å². The highest BCUT2D eigenvalue weighted by molar-refractivity contribution is 9.11. The molecule has 0 aliphatic heterocycles. The Morgan fingerprint density at radius 2 is 1.42 bits per heavy atom. The Balaban J connectivity index is 1.65. The molecule has 3 aromatic rings. The van der Waals surface area contributed by atoms with E-state index in [4.69, 9.17) is 4.74 Å². The fourth-order valence-electron chi connectivity index (χ4n) is 2.36. The predicted molar refractivity (Wildman–Crippen MR) is 114 cm³/mol. The van der Waals surface area contributed by atoms with Gasteiger partial charge in [0.25, 0.3) is 0 Å². The van der Waals surface area contributed by atoms with Crippen LogP contribution in [0.25, 0.3) is 0 Å². The maximum Gasteiger partial charge on any atom is 0.148 e. The SMILES string of the molecule is Fc1ccc(NCc2cc(Br)c(OCc3ccc(Br)cc3)c(Br)c2)cc1.